The number of morpholine rings is 1. The molecule has 0 amide bonds. The van der Waals surface area contributed by atoms with Crippen molar-refractivity contribution in [3.63, 3.8) is 0 Å². The van der Waals surface area contributed by atoms with Gasteiger partial charge in [0.25, 0.3) is 0 Å². The number of nitrogens with one attached hydrogen (secondary N) is 1. The number of nitrogens with zero attached hydrogens (tertiary/aromatic N) is 6. The molecule has 2 aromatic rings. The second kappa shape index (κ2) is 11.1. The predicted octanol–water partition coefficient (Wildman–Crippen LogP) is 1.26. The molecule has 1 N–H and O–H groups in total. The summed E-state index contributed by atoms with van der Waals surface area (Å²) in [4.78, 5) is 20.3. The molecule has 1 atom stereocenters. The van der Waals surface area contributed by atoms with Gasteiger partial charge in [-0.15, -0.1) is 0 Å². The van der Waals surface area contributed by atoms with Crippen LogP contribution >= 0.6 is 0 Å². The van der Waals surface area contributed by atoms with E-state index in [0.717, 1.165) is 76.7 Å². The Morgan fingerprint density at radius 3 is 2.38 bits per heavy atom. The van der Waals surface area contributed by atoms with E-state index in [9.17, 15) is 0 Å². The molecule has 2 aliphatic heterocycles. The van der Waals surface area contributed by atoms with Crippen molar-refractivity contribution in [3.05, 3.63) is 48.3 Å². The van der Waals surface area contributed by atoms with Crippen LogP contribution in [0.5, 0.6) is 5.75 Å². The zero-order valence-corrected chi connectivity index (χ0v) is 19.0. The van der Waals surface area contributed by atoms with Gasteiger partial charge in [0.2, 0.25) is 5.95 Å². The number of piperazine rings is 1. The van der Waals surface area contributed by atoms with Crippen LogP contribution in [0, 0.1) is 0 Å². The average molecular weight is 440 g/mol. The third-order valence-corrected chi connectivity index (χ3v) is 6.07. The van der Waals surface area contributed by atoms with Crippen molar-refractivity contribution in [2.24, 2.45) is 4.99 Å². The molecule has 2 fully saturated rings. The second-order valence-electron chi connectivity index (χ2n) is 7.89. The van der Waals surface area contributed by atoms with E-state index >= 15 is 0 Å². The molecule has 1 aromatic carbocycles. The molecule has 9 nitrogen and oxygen atoms in total. The number of anilines is 1. The first-order chi connectivity index (χ1) is 15.8. The number of guanidine groups is 1. The molecular weight excluding hydrogens is 406 g/mol. The average Bonchev–Trinajstić information content (AvgIpc) is 2.88. The Morgan fingerprint density at radius 1 is 1.06 bits per heavy atom. The Balaban J connectivity index is 1.38. The molecule has 4 rings (SSSR count). The van der Waals surface area contributed by atoms with Gasteiger partial charge in [0.05, 0.1) is 26.4 Å². The molecule has 0 spiro atoms. The molecule has 0 radical (unpaired) electrons. The first kappa shape index (κ1) is 22.3. The van der Waals surface area contributed by atoms with Gasteiger partial charge in [0, 0.05) is 65.3 Å². The Kier molecular flexibility index (Phi) is 7.73. The topological polar surface area (TPSA) is 78.4 Å². The van der Waals surface area contributed by atoms with Gasteiger partial charge < -0.3 is 24.6 Å². The Hall–Kier alpha value is -2.91. The maximum atomic E-state index is 5.58. The summed E-state index contributed by atoms with van der Waals surface area (Å²) in [5.41, 5.74) is 1.27. The number of hydrogen-bond donors (Lipinski definition) is 1. The molecule has 2 saturated heterocycles. The van der Waals surface area contributed by atoms with Crippen LogP contribution < -0.4 is 15.0 Å². The lowest BCUT2D eigenvalue weighted by Crippen LogP contribution is -2.54. The smallest absolute Gasteiger partial charge is 0.225 e. The van der Waals surface area contributed by atoms with Gasteiger partial charge in [-0.1, -0.05) is 12.1 Å². The van der Waals surface area contributed by atoms with Crippen molar-refractivity contribution >= 4 is 11.9 Å². The number of methoxy groups -OCH3 is 1. The van der Waals surface area contributed by atoms with E-state index in [1.54, 1.807) is 19.5 Å². The molecule has 32 heavy (non-hydrogen) atoms. The standard InChI is InChI=1S/C23H33N7O2/c1-24-22(29-10-12-30(13-11-29)23-25-8-3-9-26-23)27-18-21(28-14-16-32-17-15-28)19-4-6-20(31-2)7-5-19/h3-9,21H,10-18H2,1-2H3,(H,24,27). The zero-order valence-electron chi connectivity index (χ0n) is 19.0. The molecule has 0 aliphatic carbocycles. The summed E-state index contributed by atoms with van der Waals surface area (Å²) in [6.45, 7) is 7.66. The van der Waals surface area contributed by atoms with Gasteiger partial charge in [-0.25, -0.2) is 9.97 Å². The lowest BCUT2D eigenvalue weighted by atomic mass is 10.0. The maximum Gasteiger partial charge on any atom is 0.225 e. The van der Waals surface area contributed by atoms with Crippen LogP contribution in [0.25, 0.3) is 0 Å². The van der Waals surface area contributed by atoms with Gasteiger partial charge in [-0.3, -0.25) is 9.89 Å². The van der Waals surface area contributed by atoms with E-state index in [1.807, 2.05) is 25.2 Å². The van der Waals surface area contributed by atoms with Crippen molar-refractivity contribution < 1.29 is 9.47 Å². The number of aliphatic imine (C=N–C) groups is 1. The van der Waals surface area contributed by atoms with Crippen molar-refractivity contribution in [2.45, 2.75) is 6.04 Å². The minimum Gasteiger partial charge on any atom is -0.497 e. The fraction of sp³-hybridized carbons (Fsp3) is 0.522. The quantitative estimate of drug-likeness (QED) is 0.532. The highest BCUT2D eigenvalue weighted by molar-refractivity contribution is 5.80. The van der Waals surface area contributed by atoms with Crippen LogP contribution in [0.15, 0.2) is 47.7 Å². The molecule has 2 aliphatic rings. The SMILES string of the molecule is CN=C(NCC(c1ccc(OC)cc1)N1CCOCC1)N1CCN(c2ncccn2)CC1. The van der Waals surface area contributed by atoms with Crippen LogP contribution in [0.4, 0.5) is 5.95 Å². The van der Waals surface area contributed by atoms with Crippen molar-refractivity contribution in [3.8, 4) is 5.75 Å². The number of rotatable bonds is 6. The van der Waals surface area contributed by atoms with E-state index in [-0.39, 0.29) is 6.04 Å². The summed E-state index contributed by atoms with van der Waals surface area (Å²) in [5, 5.41) is 3.63. The summed E-state index contributed by atoms with van der Waals surface area (Å²) in [6, 6.07) is 10.5. The molecular formula is C23H33N7O2. The van der Waals surface area contributed by atoms with E-state index < -0.39 is 0 Å². The normalized spacial score (nSPS) is 19.0. The lowest BCUT2D eigenvalue weighted by Gasteiger charge is -2.38. The highest BCUT2D eigenvalue weighted by Crippen LogP contribution is 2.24. The summed E-state index contributed by atoms with van der Waals surface area (Å²) in [7, 11) is 3.55. The van der Waals surface area contributed by atoms with E-state index in [0.29, 0.717) is 0 Å². The summed E-state index contributed by atoms with van der Waals surface area (Å²) in [6.07, 6.45) is 3.58. The Labute approximate surface area is 190 Å². The summed E-state index contributed by atoms with van der Waals surface area (Å²) < 4.78 is 10.9. The monoisotopic (exact) mass is 439 g/mol. The Morgan fingerprint density at radius 2 is 1.75 bits per heavy atom. The number of ether oxygens (including phenoxy) is 2. The van der Waals surface area contributed by atoms with Crippen LogP contribution in [-0.4, -0.2) is 98.9 Å². The first-order valence-electron chi connectivity index (χ1n) is 11.2. The third-order valence-electron chi connectivity index (χ3n) is 6.07. The van der Waals surface area contributed by atoms with E-state index in [2.05, 4.69) is 47.1 Å². The molecule has 1 aromatic heterocycles. The van der Waals surface area contributed by atoms with Gasteiger partial charge in [-0.2, -0.15) is 0 Å². The first-order valence-corrected chi connectivity index (χ1v) is 11.2. The predicted molar refractivity (Wildman–Crippen MR) is 125 cm³/mol. The zero-order chi connectivity index (χ0) is 22.2. The number of aromatic nitrogens is 2. The van der Waals surface area contributed by atoms with E-state index in [4.69, 9.17) is 9.47 Å². The minimum atomic E-state index is 0.237. The molecule has 0 saturated carbocycles. The summed E-state index contributed by atoms with van der Waals surface area (Å²) in [5.74, 6) is 2.60. The molecule has 3 heterocycles. The van der Waals surface area contributed by atoms with E-state index in [1.165, 1.54) is 5.56 Å². The third kappa shape index (κ3) is 5.46. The van der Waals surface area contributed by atoms with Gasteiger partial charge in [0.15, 0.2) is 5.96 Å². The largest absolute Gasteiger partial charge is 0.497 e. The van der Waals surface area contributed by atoms with Crippen LogP contribution in [0.1, 0.15) is 11.6 Å². The second-order valence-corrected chi connectivity index (χ2v) is 7.89. The molecule has 172 valence electrons. The fourth-order valence-electron chi connectivity index (χ4n) is 4.27. The lowest BCUT2D eigenvalue weighted by molar-refractivity contribution is 0.0169. The highest BCUT2D eigenvalue weighted by Gasteiger charge is 2.25. The highest BCUT2D eigenvalue weighted by atomic mass is 16.5. The molecule has 9 heteroatoms. The van der Waals surface area contributed by atoms with Crippen LogP contribution in [0.3, 0.4) is 0 Å². The minimum absolute atomic E-state index is 0.237. The maximum absolute atomic E-state index is 5.58. The molecule has 0 bridgehead atoms. The van der Waals surface area contributed by atoms with Crippen molar-refractivity contribution in [1.29, 1.82) is 0 Å². The molecule has 1 unspecified atom stereocenters. The van der Waals surface area contributed by atoms with Gasteiger partial charge >= 0.3 is 0 Å². The van der Waals surface area contributed by atoms with Gasteiger partial charge in [-0.05, 0) is 23.8 Å². The summed E-state index contributed by atoms with van der Waals surface area (Å²) >= 11 is 0. The Bertz CT molecular complexity index is 848. The number of hydrogen-bond acceptors (Lipinski definition) is 7. The van der Waals surface area contributed by atoms with Crippen LogP contribution in [-0.2, 0) is 4.74 Å². The fourth-order valence-corrected chi connectivity index (χ4v) is 4.27. The van der Waals surface area contributed by atoms with Crippen molar-refractivity contribution in [2.75, 3.05) is 78.1 Å². The van der Waals surface area contributed by atoms with Crippen molar-refractivity contribution in [1.82, 2.24) is 25.1 Å². The van der Waals surface area contributed by atoms with Gasteiger partial charge in [0.1, 0.15) is 5.75 Å². The van der Waals surface area contributed by atoms with Crippen LogP contribution in [0.2, 0.25) is 0 Å². The number of benzene rings is 1.